The first kappa shape index (κ1) is 14.1. The monoisotopic (exact) mass is 268 g/mol. The first-order valence-corrected chi connectivity index (χ1v) is 6.90. The van der Waals surface area contributed by atoms with Gasteiger partial charge in [-0.15, -0.1) is 0 Å². The Labute approximate surface area is 119 Å². The molecule has 20 heavy (non-hydrogen) atoms. The molecule has 3 N–H and O–H groups in total. The van der Waals surface area contributed by atoms with Crippen LogP contribution in [0.1, 0.15) is 24.5 Å². The van der Waals surface area contributed by atoms with Gasteiger partial charge in [0.25, 0.3) is 0 Å². The zero-order valence-corrected chi connectivity index (χ0v) is 11.7. The van der Waals surface area contributed by atoms with Crippen LogP contribution in [-0.4, -0.2) is 5.91 Å². The van der Waals surface area contributed by atoms with Crippen LogP contribution in [0.25, 0.3) is 0 Å². The van der Waals surface area contributed by atoms with Gasteiger partial charge in [0.15, 0.2) is 0 Å². The standard InChI is InChI=1S/C17H20N2O/c1-2-13-5-10-16(11-6-13)19-17(20)12-7-14-3-8-15(18)9-4-14/h3-6,8-11H,2,7,12,18H2,1H3,(H,19,20). The van der Waals surface area contributed by atoms with Crippen LogP contribution >= 0.6 is 0 Å². The normalized spacial score (nSPS) is 10.2. The Bertz CT molecular complexity index is 559. The largest absolute Gasteiger partial charge is 0.399 e. The molecule has 0 aliphatic carbocycles. The van der Waals surface area contributed by atoms with Crippen molar-refractivity contribution in [2.45, 2.75) is 26.2 Å². The zero-order chi connectivity index (χ0) is 14.4. The molecule has 0 heterocycles. The lowest BCUT2D eigenvalue weighted by atomic mass is 10.1. The fourth-order valence-electron chi connectivity index (χ4n) is 1.99. The van der Waals surface area contributed by atoms with Gasteiger partial charge >= 0.3 is 0 Å². The van der Waals surface area contributed by atoms with E-state index in [1.807, 2.05) is 48.5 Å². The molecule has 3 heteroatoms. The van der Waals surface area contributed by atoms with Gasteiger partial charge in [0.05, 0.1) is 0 Å². The highest BCUT2D eigenvalue weighted by Gasteiger charge is 2.03. The molecule has 0 aromatic heterocycles. The van der Waals surface area contributed by atoms with Crippen molar-refractivity contribution in [2.24, 2.45) is 0 Å². The molecule has 0 saturated carbocycles. The molecular weight excluding hydrogens is 248 g/mol. The molecule has 104 valence electrons. The number of aryl methyl sites for hydroxylation is 2. The number of amides is 1. The van der Waals surface area contributed by atoms with E-state index < -0.39 is 0 Å². The van der Waals surface area contributed by atoms with E-state index in [1.54, 1.807) is 0 Å². The van der Waals surface area contributed by atoms with E-state index in [0.717, 1.165) is 29.8 Å². The quantitative estimate of drug-likeness (QED) is 0.816. The highest BCUT2D eigenvalue weighted by atomic mass is 16.1. The molecule has 2 rings (SSSR count). The number of nitrogens with one attached hydrogen (secondary N) is 1. The van der Waals surface area contributed by atoms with E-state index >= 15 is 0 Å². The Morgan fingerprint density at radius 1 is 1.00 bits per heavy atom. The minimum Gasteiger partial charge on any atom is -0.399 e. The van der Waals surface area contributed by atoms with E-state index in [1.165, 1.54) is 5.56 Å². The molecule has 3 nitrogen and oxygen atoms in total. The van der Waals surface area contributed by atoms with Crippen LogP contribution in [0.4, 0.5) is 11.4 Å². The number of anilines is 2. The first-order chi connectivity index (χ1) is 9.67. The van der Waals surface area contributed by atoms with Crippen molar-refractivity contribution < 1.29 is 4.79 Å². The topological polar surface area (TPSA) is 55.1 Å². The number of hydrogen-bond acceptors (Lipinski definition) is 2. The summed E-state index contributed by atoms with van der Waals surface area (Å²) in [4.78, 5) is 11.9. The average molecular weight is 268 g/mol. The van der Waals surface area contributed by atoms with Crippen LogP contribution in [-0.2, 0) is 17.6 Å². The number of nitrogen functional groups attached to an aromatic ring is 1. The van der Waals surface area contributed by atoms with Gasteiger partial charge in [-0.2, -0.15) is 0 Å². The lowest BCUT2D eigenvalue weighted by Gasteiger charge is -2.06. The maximum Gasteiger partial charge on any atom is 0.224 e. The first-order valence-electron chi connectivity index (χ1n) is 6.90. The van der Waals surface area contributed by atoms with Gasteiger partial charge in [-0.05, 0) is 48.2 Å². The molecule has 0 radical (unpaired) electrons. The van der Waals surface area contributed by atoms with Crippen LogP contribution in [0.3, 0.4) is 0 Å². The molecule has 0 fully saturated rings. The van der Waals surface area contributed by atoms with Gasteiger partial charge in [-0.25, -0.2) is 0 Å². The highest BCUT2D eigenvalue weighted by Crippen LogP contribution is 2.12. The Balaban J connectivity index is 1.84. The van der Waals surface area contributed by atoms with Crippen molar-refractivity contribution in [3.8, 4) is 0 Å². The average Bonchev–Trinajstić information content (AvgIpc) is 2.47. The summed E-state index contributed by atoms with van der Waals surface area (Å²) in [5.41, 5.74) is 9.61. The Morgan fingerprint density at radius 2 is 1.60 bits per heavy atom. The molecule has 2 aromatic carbocycles. The minimum absolute atomic E-state index is 0.0334. The molecule has 1 amide bonds. The highest BCUT2D eigenvalue weighted by molar-refractivity contribution is 5.90. The third-order valence-corrected chi connectivity index (χ3v) is 3.27. The number of benzene rings is 2. The minimum atomic E-state index is 0.0334. The van der Waals surface area contributed by atoms with Crippen molar-refractivity contribution in [1.82, 2.24) is 0 Å². The molecule has 0 bridgehead atoms. The SMILES string of the molecule is CCc1ccc(NC(=O)CCc2ccc(N)cc2)cc1. The van der Waals surface area contributed by atoms with Crippen LogP contribution in [0.2, 0.25) is 0 Å². The predicted molar refractivity (Wildman–Crippen MR) is 83.6 cm³/mol. The predicted octanol–water partition coefficient (Wildman–Crippen LogP) is 3.40. The van der Waals surface area contributed by atoms with Crippen molar-refractivity contribution in [3.05, 3.63) is 59.7 Å². The van der Waals surface area contributed by atoms with E-state index in [0.29, 0.717) is 6.42 Å². The van der Waals surface area contributed by atoms with Gasteiger partial charge in [-0.1, -0.05) is 31.2 Å². The van der Waals surface area contributed by atoms with Crippen LogP contribution in [0, 0.1) is 0 Å². The van der Waals surface area contributed by atoms with Crippen molar-refractivity contribution in [1.29, 1.82) is 0 Å². The van der Waals surface area contributed by atoms with Gasteiger partial charge in [0.2, 0.25) is 5.91 Å². The van der Waals surface area contributed by atoms with Crippen LogP contribution < -0.4 is 11.1 Å². The van der Waals surface area contributed by atoms with E-state index in [2.05, 4.69) is 12.2 Å². The molecule has 2 aromatic rings. The van der Waals surface area contributed by atoms with Crippen LogP contribution in [0.15, 0.2) is 48.5 Å². The van der Waals surface area contributed by atoms with Gasteiger partial charge in [0.1, 0.15) is 0 Å². The number of nitrogens with two attached hydrogens (primary N) is 1. The lowest BCUT2D eigenvalue weighted by molar-refractivity contribution is -0.116. The van der Waals surface area contributed by atoms with E-state index in [9.17, 15) is 4.79 Å². The summed E-state index contributed by atoms with van der Waals surface area (Å²) >= 11 is 0. The molecule has 0 saturated heterocycles. The van der Waals surface area contributed by atoms with Crippen molar-refractivity contribution >= 4 is 17.3 Å². The summed E-state index contributed by atoms with van der Waals surface area (Å²) in [6.45, 7) is 2.11. The summed E-state index contributed by atoms with van der Waals surface area (Å²) in [6, 6.07) is 15.6. The fourth-order valence-corrected chi connectivity index (χ4v) is 1.99. The maximum absolute atomic E-state index is 11.9. The summed E-state index contributed by atoms with van der Waals surface area (Å²) in [6.07, 6.45) is 2.20. The molecule has 0 aliphatic heterocycles. The number of carbonyl (C=O) groups is 1. The summed E-state index contributed by atoms with van der Waals surface area (Å²) in [5, 5.41) is 2.91. The fraction of sp³-hybridized carbons (Fsp3) is 0.235. The second-order valence-corrected chi connectivity index (χ2v) is 4.84. The molecule has 0 atom stereocenters. The Morgan fingerprint density at radius 3 is 2.20 bits per heavy atom. The molecule has 0 aliphatic rings. The zero-order valence-electron chi connectivity index (χ0n) is 11.7. The summed E-state index contributed by atoms with van der Waals surface area (Å²) in [7, 11) is 0. The molecule has 0 unspecified atom stereocenters. The van der Waals surface area contributed by atoms with Gasteiger partial charge < -0.3 is 11.1 Å². The third-order valence-electron chi connectivity index (χ3n) is 3.27. The van der Waals surface area contributed by atoms with Gasteiger partial charge in [0, 0.05) is 17.8 Å². The van der Waals surface area contributed by atoms with Crippen molar-refractivity contribution in [3.63, 3.8) is 0 Å². The number of carbonyl (C=O) groups excluding carboxylic acids is 1. The smallest absolute Gasteiger partial charge is 0.224 e. The van der Waals surface area contributed by atoms with E-state index in [4.69, 9.17) is 5.73 Å². The molecule has 0 spiro atoms. The third kappa shape index (κ3) is 4.12. The second kappa shape index (κ2) is 6.75. The van der Waals surface area contributed by atoms with Gasteiger partial charge in [-0.3, -0.25) is 4.79 Å². The lowest BCUT2D eigenvalue weighted by Crippen LogP contribution is -2.12. The maximum atomic E-state index is 11.9. The second-order valence-electron chi connectivity index (χ2n) is 4.84. The van der Waals surface area contributed by atoms with Crippen LogP contribution in [0.5, 0.6) is 0 Å². The summed E-state index contributed by atoms with van der Waals surface area (Å²) < 4.78 is 0. The number of rotatable bonds is 5. The Kier molecular flexibility index (Phi) is 4.77. The summed E-state index contributed by atoms with van der Waals surface area (Å²) in [5.74, 6) is 0.0334. The number of hydrogen-bond donors (Lipinski definition) is 2. The van der Waals surface area contributed by atoms with Crippen molar-refractivity contribution in [2.75, 3.05) is 11.1 Å². The van der Waals surface area contributed by atoms with E-state index in [-0.39, 0.29) is 5.91 Å². The Hall–Kier alpha value is -2.29. The molecular formula is C17H20N2O.